The number of ether oxygens (including phenoxy) is 1. The van der Waals surface area contributed by atoms with Gasteiger partial charge in [0, 0.05) is 30.9 Å². The van der Waals surface area contributed by atoms with Gasteiger partial charge in [0.2, 0.25) is 5.91 Å². The van der Waals surface area contributed by atoms with Crippen molar-refractivity contribution in [1.29, 1.82) is 0 Å². The maximum atomic E-state index is 11.4. The van der Waals surface area contributed by atoms with Crippen LogP contribution in [0.2, 0.25) is 0 Å². The Hall–Kier alpha value is -2.86. The fraction of sp³-hybridized carbons (Fsp3) is 0.391. The molecule has 3 aromatic rings. The summed E-state index contributed by atoms with van der Waals surface area (Å²) in [6.45, 7) is 3.28. The summed E-state index contributed by atoms with van der Waals surface area (Å²) in [5.41, 5.74) is 9.69. The first-order valence-electron chi connectivity index (χ1n) is 10.3. The molecule has 0 bridgehead atoms. The molecule has 1 amide bonds. The van der Waals surface area contributed by atoms with Crippen LogP contribution in [-0.2, 0) is 17.9 Å². The Balaban J connectivity index is 1.28. The van der Waals surface area contributed by atoms with Gasteiger partial charge in [0.15, 0.2) is 0 Å². The monoisotopic (exact) mass is 392 g/mol. The van der Waals surface area contributed by atoms with Crippen molar-refractivity contribution < 1.29 is 9.53 Å². The zero-order valence-electron chi connectivity index (χ0n) is 16.8. The molecule has 3 N–H and O–H groups in total. The van der Waals surface area contributed by atoms with Gasteiger partial charge in [-0.2, -0.15) is 0 Å². The number of benzene rings is 1. The molecule has 2 aromatic heterocycles. The number of aryl methyl sites for hydroxylation is 1. The molecule has 1 fully saturated rings. The van der Waals surface area contributed by atoms with Crippen molar-refractivity contribution in [1.82, 2.24) is 14.7 Å². The second kappa shape index (κ2) is 8.66. The molecule has 0 aliphatic heterocycles. The molecule has 2 atom stereocenters. The first-order chi connectivity index (χ1) is 14.1. The van der Waals surface area contributed by atoms with Crippen LogP contribution in [0.4, 0.5) is 0 Å². The average molecular weight is 393 g/mol. The number of primary amides is 1. The number of amides is 1. The lowest BCUT2D eigenvalue weighted by atomic mass is 9.85. The molecule has 1 saturated carbocycles. The van der Waals surface area contributed by atoms with Gasteiger partial charge in [0.1, 0.15) is 18.0 Å². The lowest BCUT2D eigenvalue weighted by molar-refractivity contribution is -0.122. The number of fused-ring (bicyclic) bond motifs is 1. The van der Waals surface area contributed by atoms with Crippen LogP contribution in [0, 0.1) is 12.8 Å². The van der Waals surface area contributed by atoms with Gasteiger partial charge in [-0.25, -0.2) is 4.98 Å². The Kier molecular flexibility index (Phi) is 5.81. The number of nitrogens with two attached hydrogens (primary N) is 1. The molecular formula is C23H28N4O2. The summed E-state index contributed by atoms with van der Waals surface area (Å²) in [6.07, 6.45) is 7.92. The SMILES string of the molecule is Cc1cccn2cc(COc3ccc(CNC4CCCC(C(N)=O)C4)cc3)nc12. The van der Waals surface area contributed by atoms with E-state index in [9.17, 15) is 4.79 Å². The van der Waals surface area contributed by atoms with Crippen molar-refractivity contribution in [2.75, 3.05) is 0 Å². The number of pyridine rings is 1. The minimum absolute atomic E-state index is 0.0143. The summed E-state index contributed by atoms with van der Waals surface area (Å²) in [4.78, 5) is 16.1. The highest BCUT2D eigenvalue weighted by Gasteiger charge is 2.25. The fourth-order valence-corrected chi connectivity index (χ4v) is 4.03. The number of hydrogen-bond donors (Lipinski definition) is 2. The topological polar surface area (TPSA) is 81.6 Å². The van der Waals surface area contributed by atoms with Crippen LogP contribution < -0.4 is 15.8 Å². The van der Waals surface area contributed by atoms with Gasteiger partial charge in [-0.1, -0.05) is 24.6 Å². The van der Waals surface area contributed by atoms with Crippen LogP contribution in [0.25, 0.3) is 5.65 Å². The number of rotatable bonds is 7. The molecule has 0 saturated heterocycles. The third-order valence-corrected chi connectivity index (χ3v) is 5.71. The summed E-state index contributed by atoms with van der Waals surface area (Å²) in [5, 5.41) is 3.56. The van der Waals surface area contributed by atoms with Gasteiger partial charge >= 0.3 is 0 Å². The maximum Gasteiger partial charge on any atom is 0.220 e. The molecule has 2 heterocycles. The van der Waals surface area contributed by atoms with E-state index >= 15 is 0 Å². The molecule has 29 heavy (non-hydrogen) atoms. The number of aromatic nitrogens is 2. The molecule has 0 radical (unpaired) electrons. The summed E-state index contributed by atoms with van der Waals surface area (Å²) >= 11 is 0. The van der Waals surface area contributed by atoms with E-state index in [0.717, 1.165) is 54.9 Å². The summed E-state index contributed by atoms with van der Waals surface area (Å²) < 4.78 is 7.93. The van der Waals surface area contributed by atoms with Crippen LogP contribution in [0.5, 0.6) is 5.75 Å². The Morgan fingerprint density at radius 3 is 2.86 bits per heavy atom. The Morgan fingerprint density at radius 2 is 2.10 bits per heavy atom. The zero-order chi connectivity index (χ0) is 20.2. The molecular weight excluding hydrogens is 364 g/mol. The van der Waals surface area contributed by atoms with Crippen molar-refractivity contribution in [2.45, 2.75) is 51.8 Å². The van der Waals surface area contributed by atoms with E-state index in [1.165, 1.54) is 5.56 Å². The molecule has 4 rings (SSSR count). The second-order valence-corrected chi connectivity index (χ2v) is 7.93. The van der Waals surface area contributed by atoms with E-state index in [-0.39, 0.29) is 11.8 Å². The molecule has 1 aromatic carbocycles. The predicted octanol–water partition coefficient (Wildman–Crippen LogP) is 3.36. The highest BCUT2D eigenvalue weighted by atomic mass is 16.5. The highest BCUT2D eigenvalue weighted by molar-refractivity contribution is 5.76. The van der Waals surface area contributed by atoms with Crippen LogP contribution in [0.15, 0.2) is 48.8 Å². The molecule has 152 valence electrons. The van der Waals surface area contributed by atoms with Gasteiger partial charge in [-0.15, -0.1) is 0 Å². The lowest BCUT2D eigenvalue weighted by Gasteiger charge is -2.28. The smallest absolute Gasteiger partial charge is 0.220 e. The van der Waals surface area contributed by atoms with Gasteiger partial charge in [0.25, 0.3) is 0 Å². The first kappa shape index (κ1) is 19.5. The molecule has 6 heteroatoms. The van der Waals surface area contributed by atoms with Crippen molar-refractivity contribution in [2.24, 2.45) is 11.7 Å². The van der Waals surface area contributed by atoms with Crippen molar-refractivity contribution >= 4 is 11.6 Å². The van der Waals surface area contributed by atoms with E-state index in [4.69, 9.17) is 10.5 Å². The van der Waals surface area contributed by atoms with Crippen LogP contribution in [0.1, 0.15) is 42.5 Å². The second-order valence-electron chi connectivity index (χ2n) is 7.93. The van der Waals surface area contributed by atoms with Crippen LogP contribution in [0.3, 0.4) is 0 Å². The van der Waals surface area contributed by atoms with Crippen LogP contribution >= 0.6 is 0 Å². The lowest BCUT2D eigenvalue weighted by Crippen LogP contribution is -2.38. The number of imidazole rings is 1. The van der Waals surface area contributed by atoms with E-state index in [2.05, 4.69) is 35.4 Å². The van der Waals surface area contributed by atoms with E-state index in [1.54, 1.807) is 0 Å². The molecule has 1 aliphatic rings. The fourth-order valence-electron chi connectivity index (χ4n) is 4.03. The predicted molar refractivity (Wildman–Crippen MR) is 112 cm³/mol. The van der Waals surface area contributed by atoms with Gasteiger partial charge < -0.3 is 20.2 Å². The summed E-state index contributed by atoms with van der Waals surface area (Å²) in [6, 6.07) is 12.6. The van der Waals surface area contributed by atoms with Gasteiger partial charge in [0.05, 0.1) is 5.69 Å². The largest absolute Gasteiger partial charge is 0.487 e. The normalized spacial score (nSPS) is 19.3. The third-order valence-electron chi connectivity index (χ3n) is 5.71. The van der Waals surface area contributed by atoms with Crippen molar-refractivity contribution in [3.63, 3.8) is 0 Å². The number of nitrogens with zero attached hydrogens (tertiary/aromatic N) is 2. The molecule has 2 unspecified atom stereocenters. The summed E-state index contributed by atoms with van der Waals surface area (Å²) in [7, 11) is 0. The van der Waals surface area contributed by atoms with E-state index in [1.807, 2.05) is 35.0 Å². The Morgan fingerprint density at radius 1 is 1.28 bits per heavy atom. The van der Waals surface area contributed by atoms with E-state index in [0.29, 0.717) is 12.6 Å². The van der Waals surface area contributed by atoms with E-state index < -0.39 is 0 Å². The minimum Gasteiger partial charge on any atom is -0.487 e. The van der Waals surface area contributed by atoms with Crippen molar-refractivity contribution in [3.8, 4) is 5.75 Å². The zero-order valence-corrected chi connectivity index (χ0v) is 16.8. The Bertz CT molecular complexity index is 980. The standard InChI is InChI=1S/C23H28N4O2/c1-16-4-3-11-27-14-20(26-23(16)27)15-29-21-9-7-17(8-10-21)13-25-19-6-2-5-18(12-19)22(24)28/h3-4,7-11,14,18-19,25H,2,5-6,12-13,15H2,1H3,(H2,24,28). The molecule has 0 spiro atoms. The number of nitrogens with one attached hydrogen (secondary N) is 1. The van der Waals surface area contributed by atoms with Gasteiger partial charge in [-0.05, 0) is 55.5 Å². The van der Waals surface area contributed by atoms with Crippen LogP contribution in [-0.4, -0.2) is 21.3 Å². The Labute approximate surface area is 171 Å². The summed E-state index contributed by atoms with van der Waals surface area (Å²) in [5.74, 6) is 0.674. The average Bonchev–Trinajstić information content (AvgIpc) is 3.16. The van der Waals surface area contributed by atoms with Crippen molar-refractivity contribution in [3.05, 3.63) is 65.6 Å². The number of carbonyl (C=O) groups excluding carboxylic acids is 1. The molecule has 6 nitrogen and oxygen atoms in total. The minimum atomic E-state index is -0.168. The highest BCUT2D eigenvalue weighted by Crippen LogP contribution is 2.24. The maximum absolute atomic E-state index is 11.4. The number of hydrogen-bond acceptors (Lipinski definition) is 4. The number of carbonyl (C=O) groups is 1. The molecule has 1 aliphatic carbocycles. The quantitative estimate of drug-likeness (QED) is 0.646. The first-order valence-corrected chi connectivity index (χ1v) is 10.3. The third kappa shape index (κ3) is 4.77. The van der Waals surface area contributed by atoms with Gasteiger partial charge in [-0.3, -0.25) is 4.79 Å².